The number of hydrogen-bond donors (Lipinski definition) is 0. The molecule has 0 spiro atoms. The SMILES string of the molecule is CCCCn1nc2nc(Cl)cc(C(F)F)c2c1C. The molecule has 0 amide bonds. The van der Waals surface area contributed by atoms with Crippen LogP contribution in [0, 0.1) is 6.92 Å². The summed E-state index contributed by atoms with van der Waals surface area (Å²) in [6.45, 7) is 4.56. The minimum absolute atomic E-state index is 0.0536. The van der Waals surface area contributed by atoms with Crippen molar-refractivity contribution >= 4 is 22.6 Å². The van der Waals surface area contributed by atoms with E-state index in [1.54, 1.807) is 11.6 Å². The molecule has 0 saturated carbocycles. The summed E-state index contributed by atoms with van der Waals surface area (Å²) < 4.78 is 27.7. The molecule has 0 bridgehead atoms. The van der Waals surface area contributed by atoms with E-state index in [9.17, 15) is 8.78 Å². The van der Waals surface area contributed by atoms with Crippen LogP contribution in [0.1, 0.15) is 37.4 Å². The summed E-state index contributed by atoms with van der Waals surface area (Å²) in [6, 6.07) is 1.22. The van der Waals surface area contributed by atoms with Crippen molar-refractivity contribution in [3.63, 3.8) is 0 Å². The first-order chi connectivity index (χ1) is 8.54. The van der Waals surface area contributed by atoms with Gasteiger partial charge < -0.3 is 0 Å². The lowest BCUT2D eigenvalue weighted by atomic mass is 10.1. The highest BCUT2D eigenvalue weighted by Crippen LogP contribution is 2.31. The molecule has 2 aromatic rings. The summed E-state index contributed by atoms with van der Waals surface area (Å²) in [5, 5.41) is 4.72. The number of aromatic nitrogens is 3. The summed E-state index contributed by atoms with van der Waals surface area (Å²) in [7, 11) is 0. The summed E-state index contributed by atoms with van der Waals surface area (Å²) in [6.07, 6.45) is -0.603. The predicted molar refractivity (Wildman–Crippen MR) is 67.1 cm³/mol. The molecule has 0 aliphatic heterocycles. The largest absolute Gasteiger partial charge is 0.267 e. The van der Waals surface area contributed by atoms with E-state index in [1.165, 1.54) is 6.07 Å². The molecule has 0 aromatic carbocycles. The van der Waals surface area contributed by atoms with Crippen molar-refractivity contribution in [3.05, 3.63) is 22.5 Å². The van der Waals surface area contributed by atoms with Gasteiger partial charge in [0.05, 0.1) is 5.39 Å². The monoisotopic (exact) mass is 273 g/mol. The van der Waals surface area contributed by atoms with Gasteiger partial charge in [-0.3, -0.25) is 4.68 Å². The van der Waals surface area contributed by atoms with Crippen LogP contribution in [0.5, 0.6) is 0 Å². The Balaban J connectivity index is 2.60. The minimum atomic E-state index is -2.57. The molecule has 3 nitrogen and oxygen atoms in total. The molecule has 98 valence electrons. The lowest BCUT2D eigenvalue weighted by molar-refractivity contribution is 0.153. The molecule has 0 unspecified atom stereocenters. The Kier molecular flexibility index (Phi) is 3.80. The Morgan fingerprint density at radius 3 is 2.78 bits per heavy atom. The smallest absolute Gasteiger partial charge is 0.264 e. The Bertz CT molecular complexity index is 566. The van der Waals surface area contributed by atoms with E-state index in [-0.39, 0.29) is 10.7 Å². The maximum absolute atomic E-state index is 13.0. The molecule has 0 fully saturated rings. The maximum atomic E-state index is 13.0. The molecular formula is C12H14ClF2N3. The van der Waals surface area contributed by atoms with Gasteiger partial charge in [-0.1, -0.05) is 24.9 Å². The van der Waals surface area contributed by atoms with Crippen LogP contribution >= 0.6 is 11.6 Å². The zero-order valence-corrected chi connectivity index (χ0v) is 11.0. The lowest BCUT2D eigenvalue weighted by Crippen LogP contribution is -2.01. The Morgan fingerprint density at radius 2 is 2.17 bits per heavy atom. The zero-order chi connectivity index (χ0) is 13.3. The Morgan fingerprint density at radius 1 is 1.44 bits per heavy atom. The van der Waals surface area contributed by atoms with Gasteiger partial charge in [0.2, 0.25) is 0 Å². The number of hydrogen-bond acceptors (Lipinski definition) is 2. The normalized spacial score (nSPS) is 11.7. The van der Waals surface area contributed by atoms with E-state index in [1.807, 2.05) is 0 Å². The topological polar surface area (TPSA) is 30.7 Å². The van der Waals surface area contributed by atoms with E-state index >= 15 is 0 Å². The van der Waals surface area contributed by atoms with Crippen LogP contribution in [0.15, 0.2) is 6.07 Å². The number of unbranched alkanes of at least 4 members (excludes halogenated alkanes) is 1. The summed E-state index contributed by atoms with van der Waals surface area (Å²) >= 11 is 5.74. The predicted octanol–water partition coefficient (Wildman–Crippen LogP) is 4.13. The second-order valence-corrected chi connectivity index (χ2v) is 4.58. The second kappa shape index (κ2) is 5.18. The van der Waals surface area contributed by atoms with Crippen molar-refractivity contribution in [1.29, 1.82) is 0 Å². The third kappa shape index (κ3) is 2.32. The standard InChI is InChI=1S/C12H14ClF2N3/c1-3-4-5-18-7(2)10-8(11(14)15)6-9(13)16-12(10)17-18/h6,11H,3-5H2,1-2H3. The quantitative estimate of drug-likeness (QED) is 0.784. The van der Waals surface area contributed by atoms with Crippen LogP contribution in [0.3, 0.4) is 0 Å². The number of pyridine rings is 1. The summed E-state index contributed by atoms with van der Waals surface area (Å²) in [5.74, 6) is 0. The molecular weight excluding hydrogens is 260 g/mol. The fourth-order valence-corrected chi connectivity index (χ4v) is 2.18. The van der Waals surface area contributed by atoms with Gasteiger partial charge in [0.15, 0.2) is 5.65 Å². The van der Waals surface area contributed by atoms with Crippen LogP contribution in [-0.4, -0.2) is 14.8 Å². The van der Waals surface area contributed by atoms with E-state index < -0.39 is 6.43 Å². The molecule has 6 heteroatoms. The van der Waals surface area contributed by atoms with Gasteiger partial charge >= 0.3 is 0 Å². The summed E-state index contributed by atoms with van der Waals surface area (Å²) in [4.78, 5) is 4.01. The molecule has 0 radical (unpaired) electrons. The molecule has 2 heterocycles. The van der Waals surface area contributed by atoms with Crippen LogP contribution in [-0.2, 0) is 6.54 Å². The van der Waals surface area contributed by atoms with Crippen molar-refractivity contribution in [1.82, 2.24) is 14.8 Å². The van der Waals surface area contributed by atoms with Gasteiger partial charge in [0, 0.05) is 17.8 Å². The molecule has 2 aromatic heterocycles. The number of halogens is 3. The summed E-state index contributed by atoms with van der Waals surface area (Å²) in [5.41, 5.74) is 0.926. The number of rotatable bonds is 4. The number of alkyl halides is 2. The van der Waals surface area contributed by atoms with E-state index in [4.69, 9.17) is 11.6 Å². The average molecular weight is 274 g/mol. The van der Waals surface area contributed by atoms with Crippen LogP contribution in [0.2, 0.25) is 5.15 Å². The first kappa shape index (κ1) is 13.2. The third-order valence-electron chi connectivity index (χ3n) is 2.92. The van der Waals surface area contributed by atoms with Gasteiger partial charge in [-0.05, 0) is 19.4 Å². The molecule has 0 N–H and O–H groups in total. The van der Waals surface area contributed by atoms with E-state index in [2.05, 4.69) is 17.0 Å². The van der Waals surface area contributed by atoms with E-state index in [0.29, 0.717) is 17.6 Å². The van der Waals surface area contributed by atoms with Gasteiger partial charge in [-0.2, -0.15) is 5.10 Å². The van der Waals surface area contributed by atoms with E-state index in [0.717, 1.165) is 18.5 Å². The van der Waals surface area contributed by atoms with Crippen LogP contribution in [0.25, 0.3) is 11.0 Å². The van der Waals surface area contributed by atoms with Gasteiger partial charge in [0.1, 0.15) is 5.15 Å². The number of fused-ring (bicyclic) bond motifs is 1. The number of nitrogens with zero attached hydrogens (tertiary/aromatic N) is 3. The highest BCUT2D eigenvalue weighted by Gasteiger charge is 2.19. The molecule has 0 saturated heterocycles. The van der Waals surface area contributed by atoms with Crippen molar-refractivity contribution in [3.8, 4) is 0 Å². The van der Waals surface area contributed by atoms with Gasteiger partial charge in [-0.15, -0.1) is 0 Å². The highest BCUT2D eigenvalue weighted by atomic mass is 35.5. The van der Waals surface area contributed by atoms with Crippen LogP contribution in [0.4, 0.5) is 8.78 Å². The first-order valence-electron chi connectivity index (χ1n) is 5.86. The molecule has 2 rings (SSSR count). The third-order valence-corrected chi connectivity index (χ3v) is 3.12. The average Bonchev–Trinajstić information content (AvgIpc) is 2.62. The Hall–Kier alpha value is -1.23. The second-order valence-electron chi connectivity index (χ2n) is 4.20. The van der Waals surface area contributed by atoms with Crippen molar-refractivity contribution in [2.45, 2.75) is 39.7 Å². The van der Waals surface area contributed by atoms with Gasteiger partial charge in [0.25, 0.3) is 6.43 Å². The molecule has 0 aliphatic rings. The fourth-order valence-electron chi connectivity index (χ4n) is 1.98. The molecule has 18 heavy (non-hydrogen) atoms. The Labute approximate surface area is 109 Å². The van der Waals surface area contributed by atoms with Crippen LogP contribution < -0.4 is 0 Å². The van der Waals surface area contributed by atoms with Crippen molar-refractivity contribution < 1.29 is 8.78 Å². The zero-order valence-electron chi connectivity index (χ0n) is 10.3. The first-order valence-corrected chi connectivity index (χ1v) is 6.24. The lowest BCUT2D eigenvalue weighted by Gasteiger charge is -2.04. The maximum Gasteiger partial charge on any atom is 0.264 e. The molecule has 0 aliphatic carbocycles. The van der Waals surface area contributed by atoms with Gasteiger partial charge in [-0.25, -0.2) is 13.8 Å². The molecule has 0 atom stereocenters. The highest BCUT2D eigenvalue weighted by molar-refractivity contribution is 6.29. The number of aryl methyl sites for hydroxylation is 2. The fraction of sp³-hybridized carbons (Fsp3) is 0.500. The van der Waals surface area contributed by atoms with Crippen molar-refractivity contribution in [2.24, 2.45) is 0 Å². The van der Waals surface area contributed by atoms with Crippen molar-refractivity contribution in [2.75, 3.05) is 0 Å². The minimum Gasteiger partial charge on any atom is -0.267 e.